The van der Waals surface area contributed by atoms with Crippen molar-refractivity contribution in [3.05, 3.63) is 0 Å². The van der Waals surface area contributed by atoms with Crippen molar-refractivity contribution >= 4 is 0 Å². The summed E-state index contributed by atoms with van der Waals surface area (Å²) in [6, 6.07) is 0. The van der Waals surface area contributed by atoms with Gasteiger partial charge in [-0.3, -0.25) is 0 Å². The van der Waals surface area contributed by atoms with Crippen LogP contribution in [-0.4, -0.2) is 25.8 Å². The molecule has 1 rings (SSSR count). The third-order valence-corrected chi connectivity index (χ3v) is 4.04. The lowest BCUT2D eigenvalue weighted by Gasteiger charge is -2.26. The molecule has 0 radical (unpaired) electrons. The van der Waals surface area contributed by atoms with Crippen LogP contribution in [0.25, 0.3) is 0 Å². The molecule has 0 heterocycles. The van der Waals surface area contributed by atoms with E-state index in [4.69, 9.17) is 4.74 Å². The van der Waals surface area contributed by atoms with Crippen LogP contribution in [0.15, 0.2) is 0 Å². The Labute approximate surface area is 120 Å². The maximum absolute atomic E-state index is 6.00. The van der Waals surface area contributed by atoms with Gasteiger partial charge in [0.25, 0.3) is 0 Å². The minimum absolute atomic E-state index is 0.566. The van der Waals surface area contributed by atoms with Crippen molar-refractivity contribution in [2.75, 3.05) is 19.7 Å². The van der Waals surface area contributed by atoms with Crippen molar-refractivity contribution < 1.29 is 4.74 Å². The first-order chi connectivity index (χ1) is 9.18. The Hall–Kier alpha value is -0.0800. The lowest BCUT2D eigenvalue weighted by atomic mass is 9.89. The minimum atomic E-state index is 0.566. The van der Waals surface area contributed by atoms with Gasteiger partial charge in [-0.1, -0.05) is 46.5 Å². The van der Waals surface area contributed by atoms with Crippen LogP contribution in [0.1, 0.15) is 72.1 Å². The van der Waals surface area contributed by atoms with Crippen LogP contribution in [0, 0.1) is 11.8 Å². The van der Waals surface area contributed by atoms with Crippen LogP contribution >= 0.6 is 0 Å². The molecule has 1 aliphatic rings. The highest BCUT2D eigenvalue weighted by atomic mass is 16.5. The average Bonchev–Trinajstić information content (AvgIpc) is 2.36. The van der Waals surface area contributed by atoms with Gasteiger partial charge in [-0.25, -0.2) is 0 Å². The minimum Gasteiger partial charge on any atom is -0.378 e. The number of nitrogens with one attached hydrogen (secondary N) is 1. The lowest BCUT2D eigenvalue weighted by Crippen LogP contribution is -2.22. The SMILES string of the molecule is CC(C)CNCCCCCCOC1CCCC(C)C1. The van der Waals surface area contributed by atoms with E-state index in [0.717, 1.165) is 25.0 Å². The molecule has 1 aliphatic carbocycles. The highest BCUT2D eigenvalue weighted by Crippen LogP contribution is 2.25. The molecule has 0 amide bonds. The molecule has 2 nitrogen and oxygen atoms in total. The van der Waals surface area contributed by atoms with Crippen LogP contribution < -0.4 is 5.32 Å². The first-order valence-corrected chi connectivity index (χ1v) is 8.50. The summed E-state index contributed by atoms with van der Waals surface area (Å²) in [5, 5.41) is 3.50. The second kappa shape index (κ2) is 10.7. The molecule has 114 valence electrons. The quantitative estimate of drug-likeness (QED) is 0.594. The monoisotopic (exact) mass is 269 g/mol. The van der Waals surface area contributed by atoms with E-state index in [-0.39, 0.29) is 0 Å². The molecule has 0 spiro atoms. The largest absolute Gasteiger partial charge is 0.378 e. The van der Waals surface area contributed by atoms with Crippen molar-refractivity contribution in [1.82, 2.24) is 5.32 Å². The number of ether oxygens (including phenoxy) is 1. The second-order valence-corrected chi connectivity index (χ2v) is 6.78. The first kappa shape index (κ1) is 17.0. The molecule has 0 saturated heterocycles. The predicted molar refractivity (Wildman–Crippen MR) is 83.5 cm³/mol. The first-order valence-electron chi connectivity index (χ1n) is 8.50. The third kappa shape index (κ3) is 9.45. The van der Waals surface area contributed by atoms with Gasteiger partial charge in [0.15, 0.2) is 0 Å². The zero-order valence-electron chi connectivity index (χ0n) is 13.4. The fourth-order valence-corrected chi connectivity index (χ4v) is 2.88. The summed E-state index contributed by atoms with van der Waals surface area (Å²) >= 11 is 0. The number of rotatable bonds is 10. The van der Waals surface area contributed by atoms with Crippen molar-refractivity contribution in [3.8, 4) is 0 Å². The van der Waals surface area contributed by atoms with Crippen molar-refractivity contribution in [2.45, 2.75) is 78.2 Å². The summed E-state index contributed by atoms with van der Waals surface area (Å²) < 4.78 is 6.00. The zero-order valence-corrected chi connectivity index (χ0v) is 13.4. The molecular formula is C17H35NO. The predicted octanol–water partition coefficient (Wildman–Crippen LogP) is 4.39. The van der Waals surface area contributed by atoms with Crippen molar-refractivity contribution in [2.24, 2.45) is 11.8 Å². The Bertz CT molecular complexity index is 205. The summed E-state index contributed by atoms with van der Waals surface area (Å²) in [6.07, 6.45) is 11.2. The van der Waals surface area contributed by atoms with E-state index in [1.54, 1.807) is 0 Å². The van der Waals surface area contributed by atoms with E-state index in [0.29, 0.717) is 6.10 Å². The molecule has 0 aromatic heterocycles. The fourth-order valence-electron chi connectivity index (χ4n) is 2.88. The van der Waals surface area contributed by atoms with Gasteiger partial charge in [-0.05, 0) is 50.6 Å². The highest BCUT2D eigenvalue weighted by molar-refractivity contribution is 4.70. The summed E-state index contributed by atoms with van der Waals surface area (Å²) in [6.45, 7) is 10.2. The van der Waals surface area contributed by atoms with Crippen LogP contribution in [0.4, 0.5) is 0 Å². The molecule has 2 unspecified atom stereocenters. The number of unbranched alkanes of at least 4 members (excludes halogenated alkanes) is 3. The zero-order chi connectivity index (χ0) is 13.9. The Kier molecular flexibility index (Phi) is 9.54. The number of hydrogen-bond donors (Lipinski definition) is 1. The summed E-state index contributed by atoms with van der Waals surface area (Å²) in [5.41, 5.74) is 0. The Morgan fingerprint density at radius 1 is 1.11 bits per heavy atom. The van der Waals surface area contributed by atoms with E-state index < -0.39 is 0 Å². The molecule has 0 aliphatic heterocycles. The maximum Gasteiger partial charge on any atom is 0.0577 e. The van der Waals surface area contributed by atoms with Gasteiger partial charge in [0.1, 0.15) is 0 Å². The fraction of sp³-hybridized carbons (Fsp3) is 1.00. The Morgan fingerprint density at radius 3 is 2.63 bits per heavy atom. The van der Waals surface area contributed by atoms with Gasteiger partial charge in [-0.15, -0.1) is 0 Å². The summed E-state index contributed by atoms with van der Waals surface area (Å²) in [4.78, 5) is 0. The van der Waals surface area contributed by atoms with Gasteiger partial charge in [0.05, 0.1) is 6.10 Å². The van der Waals surface area contributed by atoms with E-state index in [2.05, 4.69) is 26.1 Å². The standard InChI is InChI=1S/C17H35NO/c1-15(2)14-18-11-6-4-5-7-12-19-17-10-8-9-16(3)13-17/h15-18H,4-14H2,1-3H3. The molecule has 1 N–H and O–H groups in total. The molecule has 2 heteroatoms. The molecule has 1 saturated carbocycles. The van der Waals surface area contributed by atoms with Crippen molar-refractivity contribution in [1.29, 1.82) is 0 Å². The number of hydrogen-bond acceptors (Lipinski definition) is 2. The van der Waals surface area contributed by atoms with E-state index in [9.17, 15) is 0 Å². The van der Waals surface area contributed by atoms with Gasteiger partial charge >= 0.3 is 0 Å². The second-order valence-electron chi connectivity index (χ2n) is 6.78. The van der Waals surface area contributed by atoms with Gasteiger partial charge < -0.3 is 10.1 Å². The Balaban J connectivity index is 1.81. The maximum atomic E-state index is 6.00. The molecule has 0 aromatic carbocycles. The van der Waals surface area contributed by atoms with Gasteiger partial charge in [0.2, 0.25) is 0 Å². The summed E-state index contributed by atoms with van der Waals surface area (Å²) in [5.74, 6) is 1.65. The Morgan fingerprint density at radius 2 is 1.89 bits per heavy atom. The van der Waals surface area contributed by atoms with E-state index >= 15 is 0 Å². The summed E-state index contributed by atoms with van der Waals surface area (Å²) in [7, 11) is 0. The molecule has 19 heavy (non-hydrogen) atoms. The normalized spacial score (nSPS) is 24.0. The van der Waals surface area contributed by atoms with Crippen LogP contribution in [0.2, 0.25) is 0 Å². The van der Waals surface area contributed by atoms with Gasteiger partial charge in [-0.2, -0.15) is 0 Å². The van der Waals surface area contributed by atoms with Crippen molar-refractivity contribution in [3.63, 3.8) is 0 Å². The topological polar surface area (TPSA) is 21.3 Å². The van der Waals surface area contributed by atoms with Gasteiger partial charge in [0, 0.05) is 6.61 Å². The molecule has 2 atom stereocenters. The average molecular weight is 269 g/mol. The third-order valence-electron chi connectivity index (χ3n) is 4.04. The molecule has 0 bridgehead atoms. The smallest absolute Gasteiger partial charge is 0.0577 e. The van der Waals surface area contributed by atoms with Crippen LogP contribution in [0.3, 0.4) is 0 Å². The lowest BCUT2D eigenvalue weighted by molar-refractivity contribution is 0.0137. The highest BCUT2D eigenvalue weighted by Gasteiger charge is 2.18. The van der Waals surface area contributed by atoms with Crippen LogP contribution in [0.5, 0.6) is 0 Å². The van der Waals surface area contributed by atoms with E-state index in [1.807, 2.05) is 0 Å². The molecular weight excluding hydrogens is 234 g/mol. The molecule has 1 fully saturated rings. The molecule has 0 aromatic rings. The van der Waals surface area contributed by atoms with Crippen LogP contribution in [-0.2, 0) is 4.74 Å². The van der Waals surface area contributed by atoms with E-state index in [1.165, 1.54) is 57.9 Å².